The standard InChI is InChI=1S/C26H52/c1-8-12-14-24(18-21(5)13-9-2)22(6)15-16-23-19-25(20-23)26(7,11-4)17-10-3/h21-25H,8-20H2,1-7H3. The molecule has 0 bridgehead atoms. The zero-order chi connectivity index (χ0) is 19.6. The van der Waals surface area contributed by atoms with Crippen molar-refractivity contribution < 1.29 is 0 Å². The highest BCUT2D eigenvalue weighted by molar-refractivity contribution is 4.91. The summed E-state index contributed by atoms with van der Waals surface area (Å²) in [6, 6.07) is 0. The lowest BCUT2D eigenvalue weighted by molar-refractivity contribution is 0.0294. The third kappa shape index (κ3) is 7.55. The molecule has 1 aliphatic carbocycles. The zero-order valence-electron chi connectivity index (χ0n) is 19.6. The van der Waals surface area contributed by atoms with E-state index in [1.165, 1.54) is 83.5 Å². The van der Waals surface area contributed by atoms with Crippen LogP contribution in [0.5, 0.6) is 0 Å². The van der Waals surface area contributed by atoms with E-state index in [9.17, 15) is 0 Å². The van der Waals surface area contributed by atoms with E-state index in [4.69, 9.17) is 0 Å². The summed E-state index contributed by atoms with van der Waals surface area (Å²) in [4.78, 5) is 0. The Hall–Kier alpha value is 0. The maximum Gasteiger partial charge on any atom is -0.0300 e. The van der Waals surface area contributed by atoms with E-state index < -0.39 is 0 Å². The first-order valence-electron chi connectivity index (χ1n) is 12.4. The van der Waals surface area contributed by atoms with Gasteiger partial charge < -0.3 is 0 Å². The summed E-state index contributed by atoms with van der Waals surface area (Å²) in [5, 5.41) is 0. The number of hydrogen-bond acceptors (Lipinski definition) is 0. The van der Waals surface area contributed by atoms with Crippen molar-refractivity contribution in [2.45, 2.75) is 132 Å². The van der Waals surface area contributed by atoms with Crippen LogP contribution in [-0.2, 0) is 0 Å². The van der Waals surface area contributed by atoms with E-state index >= 15 is 0 Å². The molecule has 1 fully saturated rings. The molecule has 0 heteroatoms. The average Bonchev–Trinajstić information content (AvgIpc) is 2.57. The highest BCUT2D eigenvalue weighted by Gasteiger charge is 2.40. The fourth-order valence-corrected chi connectivity index (χ4v) is 5.74. The molecule has 4 unspecified atom stereocenters. The van der Waals surface area contributed by atoms with Gasteiger partial charge in [-0.25, -0.2) is 0 Å². The summed E-state index contributed by atoms with van der Waals surface area (Å²) >= 11 is 0. The summed E-state index contributed by atoms with van der Waals surface area (Å²) < 4.78 is 0. The molecule has 0 radical (unpaired) electrons. The summed E-state index contributed by atoms with van der Waals surface area (Å²) in [5.74, 6) is 4.91. The second-order valence-electron chi connectivity index (χ2n) is 10.4. The van der Waals surface area contributed by atoms with Gasteiger partial charge in [0, 0.05) is 0 Å². The molecule has 4 atom stereocenters. The molecule has 0 aliphatic heterocycles. The SMILES string of the molecule is CCCCC(CC(C)CCC)C(C)CCC1CC(C(C)(CC)CCC)C1. The Kier molecular flexibility index (Phi) is 11.5. The molecule has 0 aromatic carbocycles. The number of hydrogen-bond donors (Lipinski definition) is 0. The van der Waals surface area contributed by atoms with Gasteiger partial charge in [-0.15, -0.1) is 0 Å². The molecule has 0 heterocycles. The van der Waals surface area contributed by atoms with Crippen molar-refractivity contribution in [3.8, 4) is 0 Å². The van der Waals surface area contributed by atoms with Crippen molar-refractivity contribution in [2.75, 3.05) is 0 Å². The third-order valence-electron chi connectivity index (χ3n) is 8.10. The predicted octanol–water partition coefficient (Wildman–Crippen LogP) is 9.28. The maximum absolute atomic E-state index is 2.57. The molecule has 1 rings (SSSR count). The van der Waals surface area contributed by atoms with Crippen LogP contribution in [0.3, 0.4) is 0 Å². The monoisotopic (exact) mass is 364 g/mol. The van der Waals surface area contributed by atoms with Gasteiger partial charge in [-0.05, 0) is 60.7 Å². The lowest BCUT2D eigenvalue weighted by Gasteiger charge is -2.48. The fourth-order valence-electron chi connectivity index (χ4n) is 5.74. The van der Waals surface area contributed by atoms with Crippen molar-refractivity contribution in [3.05, 3.63) is 0 Å². The number of rotatable bonds is 15. The molecule has 156 valence electrons. The van der Waals surface area contributed by atoms with E-state index in [0.29, 0.717) is 5.41 Å². The largest absolute Gasteiger partial charge is 0.0654 e. The quantitative estimate of drug-likeness (QED) is 0.271. The minimum atomic E-state index is 0.635. The van der Waals surface area contributed by atoms with Crippen LogP contribution in [0.2, 0.25) is 0 Å². The van der Waals surface area contributed by atoms with Gasteiger partial charge in [0.2, 0.25) is 0 Å². The van der Waals surface area contributed by atoms with Gasteiger partial charge in [-0.2, -0.15) is 0 Å². The first-order valence-corrected chi connectivity index (χ1v) is 12.4. The minimum absolute atomic E-state index is 0.635. The molecule has 0 spiro atoms. The zero-order valence-corrected chi connectivity index (χ0v) is 19.6. The molecule has 1 saturated carbocycles. The van der Waals surface area contributed by atoms with Crippen LogP contribution in [-0.4, -0.2) is 0 Å². The fraction of sp³-hybridized carbons (Fsp3) is 1.00. The second kappa shape index (κ2) is 12.5. The topological polar surface area (TPSA) is 0 Å². The van der Waals surface area contributed by atoms with Crippen LogP contribution in [0.1, 0.15) is 132 Å². The molecular formula is C26H52. The molecule has 26 heavy (non-hydrogen) atoms. The number of unbranched alkanes of at least 4 members (excludes halogenated alkanes) is 1. The lowest BCUT2D eigenvalue weighted by atomic mass is 9.58. The first-order chi connectivity index (χ1) is 12.4. The van der Waals surface area contributed by atoms with Crippen LogP contribution in [0.4, 0.5) is 0 Å². The van der Waals surface area contributed by atoms with Gasteiger partial charge in [0.1, 0.15) is 0 Å². The smallest absolute Gasteiger partial charge is 0.0300 e. The molecule has 0 aromatic heterocycles. The Labute approximate surface area is 167 Å². The average molecular weight is 365 g/mol. The summed E-state index contributed by atoms with van der Waals surface area (Å²) in [7, 11) is 0. The Bertz CT molecular complexity index is 340. The Morgan fingerprint density at radius 1 is 0.885 bits per heavy atom. The van der Waals surface area contributed by atoms with Gasteiger partial charge in [0.15, 0.2) is 0 Å². The Morgan fingerprint density at radius 3 is 2.12 bits per heavy atom. The molecule has 0 nitrogen and oxygen atoms in total. The van der Waals surface area contributed by atoms with Crippen LogP contribution in [0, 0.1) is 35.0 Å². The second-order valence-corrected chi connectivity index (χ2v) is 10.4. The summed E-state index contributed by atoms with van der Waals surface area (Å²) in [6.07, 6.45) is 18.8. The molecular weight excluding hydrogens is 312 g/mol. The molecule has 1 aliphatic rings. The van der Waals surface area contributed by atoms with Gasteiger partial charge in [0.05, 0.1) is 0 Å². The van der Waals surface area contributed by atoms with E-state index in [1.807, 2.05) is 0 Å². The van der Waals surface area contributed by atoms with Gasteiger partial charge in [-0.3, -0.25) is 0 Å². The third-order valence-corrected chi connectivity index (χ3v) is 8.10. The molecule has 0 aromatic rings. The highest BCUT2D eigenvalue weighted by Crippen LogP contribution is 2.51. The molecule has 0 N–H and O–H groups in total. The summed E-state index contributed by atoms with van der Waals surface area (Å²) in [5.41, 5.74) is 0.635. The summed E-state index contributed by atoms with van der Waals surface area (Å²) in [6.45, 7) is 17.1. The Balaban J connectivity index is 2.39. The normalized spacial score (nSPS) is 26.0. The molecule has 0 amide bonds. The van der Waals surface area contributed by atoms with E-state index in [2.05, 4.69) is 48.5 Å². The van der Waals surface area contributed by atoms with Crippen LogP contribution < -0.4 is 0 Å². The van der Waals surface area contributed by atoms with Gasteiger partial charge in [0.25, 0.3) is 0 Å². The highest BCUT2D eigenvalue weighted by atomic mass is 14.5. The predicted molar refractivity (Wildman–Crippen MR) is 120 cm³/mol. The lowest BCUT2D eigenvalue weighted by Crippen LogP contribution is -2.37. The Morgan fingerprint density at radius 2 is 1.58 bits per heavy atom. The van der Waals surface area contributed by atoms with Gasteiger partial charge in [-0.1, -0.05) is 106 Å². The van der Waals surface area contributed by atoms with Crippen molar-refractivity contribution in [2.24, 2.45) is 35.0 Å². The van der Waals surface area contributed by atoms with Crippen LogP contribution in [0.15, 0.2) is 0 Å². The van der Waals surface area contributed by atoms with Crippen molar-refractivity contribution in [1.29, 1.82) is 0 Å². The van der Waals surface area contributed by atoms with Crippen molar-refractivity contribution in [3.63, 3.8) is 0 Å². The van der Waals surface area contributed by atoms with E-state index in [0.717, 1.165) is 29.6 Å². The van der Waals surface area contributed by atoms with Crippen molar-refractivity contribution >= 4 is 0 Å². The van der Waals surface area contributed by atoms with Crippen LogP contribution in [0.25, 0.3) is 0 Å². The van der Waals surface area contributed by atoms with Crippen LogP contribution >= 0.6 is 0 Å². The van der Waals surface area contributed by atoms with Crippen molar-refractivity contribution in [1.82, 2.24) is 0 Å². The minimum Gasteiger partial charge on any atom is -0.0654 e. The molecule has 0 saturated heterocycles. The van der Waals surface area contributed by atoms with E-state index in [-0.39, 0.29) is 0 Å². The van der Waals surface area contributed by atoms with Gasteiger partial charge >= 0.3 is 0 Å². The van der Waals surface area contributed by atoms with E-state index in [1.54, 1.807) is 0 Å². The first kappa shape index (κ1) is 24.0. The maximum atomic E-state index is 2.57.